The van der Waals surface area contributed by atoms with Crippen LogP contribution in [0.25, 0.3) is 0 Å². The Labute approximate surface area is 490 Å². The average Bonchev–Trinajstić information content (AvgIpc) is 4.16. The van der Waals surface area contributed by atoms with Crippen LogP contribution in [-0.4, -0.2) is 76.7 Å². The summed E-state index contributed by atoms with van der Waals surface area (Å²) in [4.78, 5) is 34.8. The fourth-order valence-corrected chi connectivity index (χ4v) is 12.9. The summed E-state index contributed by atoms with van der Waals surface area (Å²) in [7, 11) is 0. The van der Waals surface area contributed by atoms with Crippen LogP contribution in [-0.2, 0) is 57.8 Å². The Bertz CT molecular complexity index is 3230. The number of ether oxygens (including phenoxy) is 7. The smallest absolute Gasteiger partial charge is 0.407 e. The lowest BCUT2D eigenvalue weighted by molar-refractivity contribution is -0.144. The monoisotopic (exact) mass is 1170 g/mol. The molecule has 8 atom stereocenters. The van der Waals surface area contributed by atoms with E-state index in [4.69, 9.17) is 38.9 Å². The van der Waals surface area contributed by atoms with E-state index in [0.29, 0.717) is 43.3 Å². The minimum Gasteiger partial charge on any atom is -0.493 e. The zero-order chi connectivity index (χ0) is 56.5. The lowest BCUT2D eigenvalue weighted by Gasteiger charge is -2.09. The molecule has 4 N–H and O–H groups in total. The van der Waals surface area contributed by atoms with Crippen molar-refractivity contribution in [3.05, 3.63) is 181 Å². The molecule has 4 saturated carbocycles. The van der Waals surface area contributed by atoms with Crippen molar-refractivity contribution in [3.63, 3.8) is 0 Å². The van der Waals surface area contributed by atoms with Gasteiger partial charge in [-0.15, -0.1) is 0 Å². The highest BCUT2D eigenvalue weighted by Crippen LogP contribution is 2.53. The third-order valence-corrected chi connectivity index (χ3v) is 17.9. The van der Waals surface area contributed by atoms with Crippen LogP contribution in [0, 0.1) is 17.8 Å². The summed E-state index contributed by atoms with van der Waals surface area (Å²) in [6.45, 7) is 10.2. The largest absolute Gasteiger partial charge is 0.493 e. The Kier molecular flexibility index (Phi) is 18.3. The number of amides is 2. The summed E-state index contributed by atoms with van der Waals surface area (Å²) in [5.41, 5.74) is 19.0. The van der Waals surface area contributed by atoms with Gasteiger partial charge >= 0.3 is 12.1 Å². The standard InChI is InChI=1S/C19H19NO3.C15H19NO2.C14H16O3.C12H15NO.C8H7BrO/c21-19(23-12-13-5-2-1-3-6-13)20-17-11-16(17)14-7-4-8-18-15(14)9-10-22-18;1-2-15(17)16-9-10-8-13(10)11-4-3-5-14-12(11)6-7-18-14;1-2-16-14(15)12-8-11(12)9-4-3-5-13-10(9)6-7-17-13;13-7-8-6-11(8)9-2-1-3-12-10(9)4-5-14-12;9-7-2-1-3-8-6(7)4-5-10-8/h1-8,16-17H,9-12H2,(H,20,21);3-5,10,13H,2,6-9H2,1H3,(H,16,17);3-5,11-12H,2,6-8H2,1H3;1-3,8,11H,4-7,13H2;1-3H,4-5H2/t16?,17-;10-,13?;11?,12-;8-,11?;/m0101./s1. The minimum absolute atomic E-state index is 0.0472. The van der Waals surface area contributed by atoms with E-state index in [9.17, 15) is 14.4 Å². The first-order valence-corrected chi connectivity index (χ1v) is 30.5. The van der Waals surface area contributed by atoms with Gasteiger partial charge in [-0.25, -0.2) is 4.79 Å². The number of halogens is 1. The van der Waals surface area contributed by atoms with Crippen molar-refractivity contribution in [1.29, 1.82) is 0 Å². The molecule has 15 rings (SSSR count). The van der Waals surface area contributed by atoms with Gasteiger partial charge in [0.15, 0.2) is 0 Å². The number of benzene rings is 6. The average molecular weight is 1180 g/mol. The minimum atomic E-state index is -0.342. The fraction of sp³-hybridized carbons (Fsp3) is 0.426. The second kappa shape index (κ2) is 26.5. The quantitative estimate of drug-likeness (QED) is 0.0942. The Hall–Kier alpha value is -7.03. The zero-order valence-electron chi connectivity index (χ0n) is 47.1. The molecule has 430 valence electrons. The van der Waals surface area contributed by atoms with Crippen molar-refractivity contribution in [2.24, 2.45) is 23.5 Å². The normalized spacial score (nSPS) is 23.1. The van der Waals surface area contributed by atoms with Crippen molar-refractivity contribution in [3.8, 4) is 28.7 Å². The molecular formula is C68H76BrN3O10. The maximum absolute atomic E-state index is 11.9. The third-order valence-electron chi connectivity index (χ3n) is 17.1. The van der Waals surface area contributed by atoms with Gasteiger partial charge in [-0.1, -0.05) is 108 Å². The molecule has 0 aromatic heterocycles. The van der Waals surface area contributed by atoms with Gasteiger partial charge in [-0.2, -0.15) is 0 Å². The summed E-state index contributed by atoms with van der Waals surface area (Å²) in [6, 6.07) is 41.1. The molecule has 0 spiro atoms. The molecule has 2 amide bonds. The first kappa shape index (κ1) is 56.8. The summed E-state index contributed by atoms with van der Waals surface area (Å²) in [5.74, 6) is 8.80. The molecule has 0 saturated heterocycles. The predicted molar refractivity (Wildman–Crippen MR) is 318 cm³/mol. The number of carbonyl (C=O) groups excluding carboxylic acids is 3. The van der Waals surface area contributed by atoms with Gasteiger partial charge in [0, 0.05) is 89.3 Å². The lowest BCUT2D eigenvalue weighted by atomic mass is 10.00. The maximum Gasteiger partial charge on any atom is 0.407 e. The van der Waals surface area contributed by atoms with Gasteiger partial charge < -0.3 is 49.5 Å². The van der Waals surface area contributed by atoms with Crippen molar-refractivity contribution >= 4 is 33.9 Å². The molecule has 4 aliphatic carbocycles. The molecule has 0 radical (unpaired) electrons. The molecule has 6 aromatic carbocycles. The number of alkyl carbamates (subject to hydrolysis) is 1. The van der Waals surface area contributed by atoms with Gasteiger partial charge in [0.1, 0.15) is 35.4 Å². The number of nitrogens with one attached hydrogen (secondary N) is 2. The van der Waals surface area contributed by atoms with Gasteiger partial charge in [0.25, 0.3) is 0 Å². The highest BCUT2D eigenvalue weighted by molar-refractivity contribution is 9.10. The first-order chi connectivity index (χ1) is 40.2. The van der Waals surface area contributed by atoms with E-state index >= 15 is 0 Å². The Morgan fingerprint density at radius 3 is 1.48 bits per heavy atom. The van der Waals surface area contributed by atoms with E-state index in [0.717, 1.165) is 137 Å². The topological polar surface area (TPSA) is 166 Å². The van der Waals surface area contributed by atoms with Crippen molar-refractivity contribution in [2.75, 3.05) is 52.7 Å². The van der Waals surface area contributed by atoms with Crippen LogP contribution < -0.4 is 40.1 Å². The molecule has 6 aromatic rings. The van der Waals surface area contributed by atoms with Crippen LogP contribution in [0.4, 0.5) is 4.79 Å². The van der Waals surface area contributed by atoms with Crippen LogP contribution in [0.3, 0.4) is 0 Å². The van der Waals surface area contributed by atoms with Crippen molar-refractivity contribution in [1.82, 2.24) is 10.6 Å². The van der Waals surface area contributed by atoms with Crippen LogP contribution in [0.2, 0.25) is 0 Å². The van der Waals surface area contributed by atoms with Crippen molar-refractivity contribution < 1.29 is 47.5 Å². The number of hydrogen-bond donors (Lipinski definition) is 3. The van der Waals surface area contributed by atoms with E-state index < -0.39 is 0 Å². The van der Waals surface area contributed by atoms with E-state index in [1.165, 1.54) is 67.4 Å². The van der Waals surface area contributed by atoms with Gasteiger partial charge in [0.2, 0.25) is 5.91 Å². The molecule has 5 heterocycles. The fourth-order valence-electron chi connectivity index (χ4n) is 12.3. The van der Waals surface area contributed by atoms with Crippen LogP contribution in [0.1, 0.15) is 125 Å². The molecule has 9 aliphatic rings. The van der Waals surface area contributed by atoms with Gasteiger partial charge in [0.05, 0.1) is 45.6 Å². The number of fused-ring (bicyclic) bond motifs is 5. The van der Waals surface area contributed by atoms with E-state index in [1.807, 2.05) is 86.6 Å². The van der Waals surface area contributed by atoms with Crippen LogP contribution >= 0.6 is 15.9 Å². The van der Waals surface area contributed by atoms with E-state index in [2.05, 4.69) is 75.1 Å². The summed E-state index contributed by atoms with van der Waals surface area (Å²) in [5, 5.41) is 5.95. The molecule has 5 aliphatic heterocycles. The molecule has 13 nitrogen and oxygen atoms in total. The first-order valence-electron chi connectivity index (χ1n) is 29.7. The Morgan fingerprint density at radius 1 is 0.524 bits per heavy atom. The number of carbonyl (C=O) groups is 3. The summed E-state index contributed by atoms with van der Waals surface area (Å²) < 4.78 is 39.2. The third kappa shape index (κ3) is 13.7. The summed E-state index contributed by atoms with van der Waals surface area (Å²) >= 11 is 3.47. The van der Waals surface area contributed by atoms with Crippen molar-refractivity contribution in [2.45, 2.75) is 114 Å². The molecule has 0 bridgehead atoms. The molecule has 14 heteroatoms. The molecular weight excluding hydrogens is 1100 g/mol. The number of esters is 1. The second-order valence-corrected chi connectivity index (χ2v) is 23.3. The SMILES string of the molecule is Brc1cccc2c1CCO2.CCC(=O)NC[C@H]1CC1c1cccc2c1CCO2.CCOC(=O)[C@H]1CC1c1cccc2c1CCO2.NC[C@H]1CC1c1cccc2c1CCO2.O=C(N[C@H]1CC1c1cccc2c1CCO2)OCc1ccccc1. The molecule has 82 heavy (non-hydrogen) atoms. The van der Waals surface area contributed by atoms with Gasteiger partial charge in [-0.05, 0) is 133 Å². The number of hydrogen-bond acceptors (Lipinski definition) is 11. The zero-order valence-corrected chi connectivity index (χ0v) is 48.7. The summed E-state index contributed by atoms with van der Waals surface area (Å²) in [6.07, 6.45) is 9.69. The number of nitrogens with two attached hydrogens (primary N) is 1. The lowest BCUT2D eigenvalue weighted by Crippen LogP contribution is -2.27. The predicted octanol–water partition coefficient (Wildman–Crippen LogP) is 12.0. The van der Waals surface area contributed by atoms with E-state index in [1.54, 1.807) is 0 Å². The molecule has 4 fully saturated rings. The van der Waals surface area contributed by atoms with Crippen LogP contribution in [0.15, 0.2) is 126 Å². The Balaban J connectivity index is 0.000000110. The second-order valence-electron chi connectivity index (χ2n) is 22.5. The Morgan fingerprint density at radius 2 is 0.988 bits per heavy atom. The van der Waals surface area contributed by atoms with E-state index in [-0.39, 0.29) is 29.9 Å². The maximum atomic E-state index is 11.9. The molecule has 4 unspecified atom stereocenters. The highest BCUT2D eigenvalue weighted by atomic mass is 79.9. The number of rotatable bonds is 13. The van der Waals surface area contributed by atoms with Crippen LogP contribution in [0.5, 0.6) is 28.7 Å². The van der Waals surface area contributed by atoms with Gasteiger partial charge in [-0.3, -0.25) is 9.59 Å². The highest BCUT2D eigenvalue weighted by Gasteiger charge is 2.47.